The zero-order valence-corrected chi connectivity index (χ0v) is 17.3. The molecule has 1 aliphatic rings. The van der Waals surface area contributed by atoms with Crippen molar-refractivity contribution in [2.75, 3.05) is 16.0 Å². The monoisotopic (exact) mass is 417 g/mol. The van der Waals surface area contributed by atoms with Gasteiger partial charge in [-0.05, 0) is 37.1 Å². The number of benzene rings is 2. The minimum Gasteiger partial charge on any atom is -0.326 e. The first kappa shape index (κ1) is 20.3. The van der Waals surface area contributed by atoms with E-state index in [4.69, 9.17) is 0 Å². The Morgan fingerprint density at radius 3 is 2.61 bits per heavy atom. The van der Waals surface area contributed by atoms with Crippen LogP contribution in [0.4, 0.5) is 23.1 Å². The highest BCUT2D eigenvalue weighted by molar-refractivity contribution is 6.04. The zero-order valence-electron chi connectivity index (χ0n) is 17.3. The van der Waals surface area contributed by atoms with Gasteiger partial charge in [0.25, 0.3) is 5.56 Å². The Hall–Kier alpha value is -3.94. The molecule has 2 amide bonds. The molecule has 2 aromatic carbocycles. The maximum atomic E-state index is 13.0. The number of amides is 2. The zero-order chi connectivity index (χ0) is 22.0. The van der Waals surface area contributed by atoms with E-state index in [0.29, 0.717) is 5.69 Å². The number of nitrogens with zero attached hydrogens (tertiary/aromatic N) is 1. The highest BCUT2D eigenvalue weighted by atomic mass is 16.2. The molecule has 0 aliphatic carbocycles. The molecule has 1 aromatic heterocycles. The van der Waals surface area contributed by atoms with E-state index in [-0.39, 0.29) is 29.7 Å². The van der Waals surface area contributed by atoms with Crippen LogP contribution in [0.15, 0.2) is 53.3 Å². The van der Waals surface area contributed by atoms with Gasteiger partial charge in [-0.15, -0.1) is 0 Å². The topological polar surface area (TPSA) is 116 Å². The van der Waals surface area contributed by atoms with Crippen LogP contribution in [-0.2, 0) is 16.0 Å². The fraction of sp³-hybridized carbons (Fsp3) is 0.217. The molecule has 1 unspecified atom stereocenters. The maximum Gasteiger partial charge on any atom is 0.258 e. The molecular weight excluding hydrogens is 394 g/mol. The Morgan fingerprint density at radius 2 is 1.87 bits per heavy atom. The van der Waals surface area contributed by atoms with E-state index < -0.39 is 17.4 Å². The number of aromatic amines is 1. The summed E-state index contributed by atoms with van der Waals surface area (Å²) >= 11 is 0. The molecule has 8 nitrogen and oxygen atoms in total. The Labute approximate surface area is 179 Å². The molecule has 1 aliphatic heterocycles. The molecule has 0 radical (unpaired) electrons. The van der Waals surface area contributed by atoms with Crippen molar-refractivity contribution >= 4 is 35.0 Å². The predicted molar refractivity (Wildman–Crippen MR) is 120 cm³/mol. The number of hydrogen-bond acceptors (Lipinski definition) is 5. The lowest BCUT2D eigenvalue weighted by Gasteiger charge is -2.24. The van der Waals surface area contributed by atoms with E-state index in [2.05, 4.69) is 25.9 Å². The van der Waals surface area contributed by atoms with E-state index in [9.17, 15) is 14.4 Å². The second-order valence-corrected chi connectivity index (χ2v) is 7.47. The average molecular weight is 417 g/mol. The number of rotatable bonds is 5. The number of para-hydroxylation sites is 1. The lowest BCUT2D eigenvalue weighted by molar-refractivity contribution is -0.123. The molecule has 158 valence electrons. The molecule has 0 saturated heterocycles. The number of anilines is 4. The van der Waals surface area contributed by atoms with Gasteiger partial charge >= 0.3 is 0 Å². The van der Waals surface area contributed by atoms with E-state index in [0.717, 1.165) is 23.2 Å². The first-order chi connectivity index (χ1) is 14.9. The standard InChI is InChI=1S/C23H23N5O3/c1-3-14-6-4-5-7-17(14)25-21(30)16-12-18(29)26-20-19(16)22(31)28-23(27-20)24-15-10-8-13(2)9-11-15/h4-11,16H,3,12H2,1-2H3,(H,25,30)(H3,24,26,27,28,29,31). The van der Waals surface area contributed by atoms with Gasteiger partial charge in [-0.2, -0.15) is 4.98 Å². The second-order valence-electron chi connectivity index (χ2n) is 7.47. The normalized spacial score (nSPS) is 15.0. The summed E-state index contributed by atoms with van der Waals surface area (Å²) < 4.78 is 0. The van der Waals surface area contributed by atoms with Gasteiger partial charge < -0.3 is 16.0 Å². The number of aromatic nitrogens is 2. The van der Waals surface area contributed by atoms with Crippen LogP contribution in [0.3, 0.4) is 0 Å². The second kappa shape index (κ2) is 8.43. The van der Waals surface area contributed by atoms with Crippen molar-refractivity contribution in [2.45, 2.75) is 32.6 Å². The Balaban J connectivity index is 1.64. The summed E-state index contributed by atoms with van der Waals surface area (Å²) in [6.07, 6.45) is 0.622. The molecule has 1 atom stereocenters. The third kappa shape index (κ3) is 4.32. The highest BCUT2D eigenvalue weighted by Crippen LogP contribution is 2.30. The Morgan fingerprint density at radius 1 is 1.13 bits per heavy atom. The van der Waals surface area contributed by atoms with Crippen molar-refractivity contribution in [1.29, 1.82) is 0 Å². The summed E-state index contributed by atoms with van der Waals surface area (Å²) in [4.78, 5) is 45.2. The van der Waals surface area contributed by atoms with Gasteiger partial charge in [0, 0.05) is 17.8 Å². The third-order valence-corrected chi connectivity index (χ3v) is 5.24. The van der Waals surface area contributed by atoms with Crippen molar-refractivity contribution in [2.24, 2.45) is 0 Å². The molecule has 4 rings (SSSR count). The van der Waals surface area contributed by atoms with Crippen LogP contribution in [-0.4, -0.2) is 21.8 Å². The maximum absolute atomic E-state index is 13.0. The first-order valence-electron chi connectivity index (χ1n) is 10.1. The molecule has 0 bridgehead atoms. The van der Waals surface area contributed by atoms with Crippen LogP contribution >= 0.6 is 0 Å². The van der Waals surface area contributed by atoms with Crippen LogP contribution in [0.1, 0.15) is 36.0 Å². The lowest BCUT2D eigenvalue weighted by atomic mass is 9.92. The van der Waals surface area contributed by atoms with Crippen molar-refractivity contribution < 1.29 is 9.59 Å². The van der Waals surface area contributed by atoms with Gasteiger partial charge in [0.05, 0.1) is 11.5 Å². The summed E-state index contributed by atoms with van der Waals surface area (Å²) in [7, 11) is 0. The quantitative estimate of drug-likeness (QED) is 0.507. The average Bonchev–Trinajstić information content (AvgIpc) is 2.75. The molecule has 0 fully saturated rings. The molecule has 3 aromatic rings. The molecule has 0 spiro atoms. The Kier molecular flexibility index (Phi) is 5.53. The van der Waals surface area contributed by atoms with E-state index >= 15 is 0 Å². The van der Waals surface area contributed by atoms with Gasteiger partial charge in [-0.1, -0.05) is 42.8 Å². The largest absolute Gasteiger partial charge is 0.326 e. The molecule has 0 saturated carbocycles. The first-order valence-corrected chi connectivity index (χ1v) is 10.1. The van der Waals surface area contributed by atoms with Crippen LogP contribution in [0.5, 0.6) is 0 Å². The number of carbonyl (C=O) groups is 2. The summed E-state index contributed by atoms with van der Waals surface area (Å²) in [6.45, 7) is 3.97. The van der Waals surface area contributed by atoms with E-state index in [1.54, 1.807) is 6.07 Å². The summed E-state index contributed by atoms with van der Waals surface area (Å²) in [6, 6.07) is 15.0. The van der Waals surface area contributed by atoms with Gasteiger partial charge in [-0.25, -0.2) is 0 Å². The van der Waals surface area contributed by atoms with E-state index in [1.165, 1.54) is 0 Å². The van der Waals surface area contributed by atoms with E-state index in [1.807, 2.05) is 56.3 Å². The molecule has 4 N–H and O–H groups in total. The SMILES string of the molecule is CCc1ccccc1NC(=O)C1CC(=O)Nc2nc(Nc3ccc(C)cc3)[nH]c(=O)c21. The summed E-state index contributed by atoms with van der Waals surface area (Å²) in [5.41, 5.74) is 3.17. The van der Waals surface area contributed by atoms with Gasteiger partial charge in [0.15, 0.2) is 0 Å². The Bertz CT molecular complexity index is 1200. The van der Waals surface area contributed by atoms with Crippen molar-refractivity contribution in [1.82, 2.24) is 9.97 Å². The van der Waals surface area contributed by atoms with Crippen molar-refractivity contribution in [3.05, 3.63) is 75.6 Å². The molecular formula is C23H23N5O3. The predicted octanol–water partition coefficient (Wildman–Crippen LogP) is 3.45. The molecule has 8 heteroatoms. The minimum absolute atomic E-state index is 0.0959. The highest BCUT2D eigenvalue weighted by Gasteiger charge is 2.35. The summed E-state index contributed by atoms with van der Waals surface area (Å²) in [5, 5.41) is 8.50. The van der Waals surface area contributed by atoms with Gasteiger partial charge in [0.1, 0.15) is 5.82 Å². The van der Waals surface area contributed by atoms with Crippen LogP contribution < -0.4 is 21.5 Å². The van der Waals surface area contributed by atoms with Crippen molar-refractivity contribution in [3.63, 3.8) is 0 Å². The number of carbonyl (C=O) groups excluding carboxylic acids is 2. The minimum atomic E-state index is -0.932. The van der Waals surface area contributed by atoms with Crippen LogP contribution in [0.25, 0.3) is 0 Å². The fourth-order valence-electron chi connectivity index (χ4n) is 3.60. The molecule has 2 heterocycles. The summed E-state index contributed by atoms with van der Waals surface area (Å²) in [5.74, 6) is -1.43. The molecule has 31 heavy (non-hydrogen) atoms. The number of H-pyrrole nitrogens is 1. The number of hydrogen-bond donors (Lipinski definition) is 4. The lowest BCUT2D eigenvalue weighted by Crippen LogP contribution is -2.36. The number of aryl methyl sites for hydroxylation is 2. The van der Waals surface area contributed by atoms with Crippen LogP contribution in [0.2, 0.25) is 0 Å². The fourth-order valence-corrected chi connectivity index (χ4v) is 3.60. The smallest absolute Gasteiger partial charge is 0.258 e. The third-order valence-electron chi connectivity index (χ3n) is 5.24. The number of fused-ring (bicyclic) bond motifs is 1. The van der Waals surface area contributed by atoms with Gasteiger partial charge in [0.2, 0.25) is 17.8 Å². The number of nitrogens with one attached hydrogen (secondary N) is 4. The van der Waals surface area contributed by atoms with Gasteiger partial charge in [-0.3, -0.25) is 19.4 Å². The van der Waals surface area contributed by atoms with Crippen molar-refractivity contribution in [3.8, 4) is 0 Å². The van der Waals surface area contributed by atoms with Crippen LogP contribution in [0, 0.1) is 6.92 Å².